The van der Waals surface area contributed by atoms with Gasteiger partial charge in [-0.3, -0.25) is 19.7 Å². The summed E-state index contributed by atoms with van der Waals surface area (Å²) in [4.78, 5) is 34.3. The van der Waals surface area contributed by atoms with Gasteiger partial charge in [0, 0.05) is 17.7 Å². The molecule has 0 saturated carbocycles. The molecule has 11 nitrogen and oxygen atoms in total. The van der Waals surface area contributed by atoms with E-state index in [1.807, 2.05) is 0 Å². The Balaban J connectivity index is 1.92. The molecule has 0 aliphatic rings. The third-order valence-corrected chi connectivity index (χ3v) is 3.84. The lowest BCUT2D eigenvalue weighted by molar-refractivity contribution is -0.384. The molecule has 0 atom stereocenters. The van der Waals surface area contributed by atoms with Crippen molar-refractivity contribution in [3.8, 4) is 17.2 Å². The van der Waals surface area contributed by atoms with Crippen LogP contribution < -0.4 is 25.0 Å². The van der Waals surface area contributed by atoms with Crippen LogP contribution in [-0.2, 0) is 4.79 Å². The second-order valence-corrected chi connectivity index (χ2v) is 5.74. The summed E-state index contributed by atoms with van der Waals surface area (Å²) in [6, 6.07) is 8.53. The summed E-state index contributed by atoms with van der Waals surface area (Å²) >= 11 is 0. The number of non-ortho nitro benzene ring substituents is 1. The van der Waals surface area contributed by atoms with Crippen LogP contribution in [0, 0.1) is 10.1 Å². The normalized spacial score (nSPS) is 10.4. The summed E-state index contributed by atoms with van der Waals surface area (Å²) in [6.07, 6.45) is 1.32. The van der Waals surface area contributed by atoms with Gasteiger partial charge in [0.2, 0.25) is 5.75 Å². The van der Waals surface area contributed by atoms with Crippen LogP contribution in [0.25, 0.3) is 0 Å². The number of ether oxygens (including phenoxy) is 3. The first kappa shape index (κ1) is 22.1. The highest BCUT2D eigenvalue weighted by molar-refractivity contribution is 5.97. The van der Waals surface area contributed by atoms with Crippen LogP contribution in [0.1, 0.15) is 15.9 Å². The molecule has 30 heavy (non-hydrogen) atoms. The first-order valence-electron chi connectivity index (χ1n) is 8.54. The highest BCUT2D eigenvalue weighted by atomic mass is 16.6. The van der Waals surface area contributed by atoms with Crippen LogP contribution >= 0.6 is 0 Å². The van der Waals surface area contributed by atoms with Crippen molar-refractivity contribution in [1.29, 1.82) is 0 Å². The van der Waals surface area contributed by atoms with Crippen LogP contribution in [0.5, 0.6) is 17.2 Å². The number of carbonyl (C=O) groups is 2. The lowest BCUT2D eigenvalue weighted by Gasteiger charge is -2.14. The van der Waals surface area contributed by atoms with E-state index in [0.29, 0.717) is 22.8 Å². The number of nitro groups is 1. The number of benzene rings is 2. The molecule has 11 heteroatoms. The van der Waals surface area contributed by atoms with Gasteiger partial charge in [-0.15, -0.1) is 0 Å². The maximum Gasteiger partial charge on any atom is 0.269 e. The van der Waals surface area contributed by atoms with Crippen molar-refractivity contribution < 1.29 is 28.7 Å². The Kier molecular flexibility index (Phi) is 7.68. The van der Waals surface area contributed by atoms with E-state index in [4.69, 9.17) is 14.2 Å². The van der Waals surface area contributed by atoms with Gasteiger partial charge in [0.1, 0.15) is 0 Å². The number of hydrogen-bond acceptors (Lipinski definition) is 8. The SMILES string of the molecule is COc1cc(C(=O)NCC(=O)N/N=C\c2ccc([N+](=O)[O-])cc2)cc(OC)c1OC. The summed E-state index contributed by atoms with van der Waals surface area (Å²) in [5, 5.41) is 16.8. The molecule has 0 saturated heterocycles. The summed E-state index contributed by atoms with van der Waals surface area (Å²) in [7, 11) is 4.30. The minimum Gasteiger partial charge on any atom is -0.493 e. The number of carbonyl (C=O) groups excluding carboxylic acids is 2. The second kappa shape index (κ2) is 10.4. The zero-order valence-corrected chi connectivity index (χ0v) is 16.5. The molecule has 2 aromatic carbocycles. The average molecular weight is 416 g/mol. The van der Waals surface area contributed by atoms with Crippen LogP contribution in [0.4, 0.5) is 5.69 Å². The molecule has 2 aromatic rings. The molecule has 2 amide bonds. The van der Waals surface area contributed by atoms with E-state index in [0.717, 1.165) is 0 Å². The second-order valence-electron chi connectivity index (χ2n) is 5.74. The van der Waals surface area contributed by atoms with Crippen LogP contribution in [0.3, 0.4) is 0 Å². The molecular weight excluding hydrogens is 396 g/mol. The fourth-order valence-electron chi connectivity index (χ4n) is 2.38. The molecule has 0 aliphatic carbocycles. The zero-order chi connectivity index (χ0) is 22.1. The van der Waals surface area contributed by atoms with Gasteiger partial charge in [-0.1, -0.05) is 0 Å². The number of nitrogens with one attached hydrogen (secondary N) is 2. The predicted octanol–water partition coefficient (Wildman–Crippen LogP) is 1.50. The summed E-state index contributed by atoms with van der Waals surface area (Å²) < 4.78 is 15.6. The van der Waals surface area contributed by atoms with Gasteiger partial charge >= 0.3 is 0 Å². The maximum absolute atomic E-state index is 12.3. The van der Waals surface area contributed by atoms with Gasteiger partial charge in [-0.05, 0) is 29.8 Å². The fraction of sp³-hybridized carbons (Fsp3) is 0.211. The smallest absolute Gasteiger partial charge is 0.269 e. The number of rotatable bonds is 9. The highest BCUT2D eigenvalue weighted by Gasteiger charge is 2.17. The summed E-state index contributed by atoms with van der Waals surface area (Å²) in [6.45, 7) is -0.326. The molecule has 0 bridgehead atoms. The Bertz CT molecular complexity index is 933. The number of hydrazone groups is 1. The Labute approximate surface area is 171 Å². The van der Waals surface area contributed by atoms with Crippen molar-refractivity contribution in [2.75, 3.05) is 27.9 Å². The Morgan fingerprint density at radius 1 is 1.07 bits per heavy atom. The largest absolute Gasteiger partial charge is 0.493 e. The highest BCUT2D eigenvalue weighted by Crippen LogP contribution is 2.38. The molecule has 158 valence electrons. The third-order valence-electron chi connectivity index (χ3n) is 3.84. The Morgan fingerprint density at radius 3 is 2.17 bits per heavy atom. The first-order valence-corrected chi connectivity index (χ1v) is 8.54. The van der Waals surface area contributed by atoms with Gasteiger partial charge in [0.25, 0.3) is 17.5 Å². The van der Waals surface area contributed by atoms with Gasteiger partial charge in [-0.2, -0.15) is 5.10 Å². The number of nitro benzene ring substituents is 1. The molecule has 2 N–H and O–H groups in total. The molecule has 0 unspecified atom stereocenters. The Morgan fingerprint density at radius 2 is 1.67 bits per heavy atom. The molecule has 0 radical (unpaired) electrons. The molecule has 0 heterocycles. The quantitative estimate of drug-likeness (QED) is 0.358. The van der Waals surface area contributed by atoms with E-state index in [1.165, 1.54) is 63.9 Å². The number of nitrogens with zero attached hydrogens (tertiary/aromatic N) is 2. The average Bonchev–Trinajstić information content (AvgIpc) is 2.76. The van der Waals surface area contributed by atoms with E-state index >= 15 is 0 Å². The van der Waals surface area contributed by atoms with Crippen LogP contribution in [0.15, 0.2) is 41.5 Å². The van der Waals surface area contributed by atoms with E-state index in [1.54, 1.807) is 0 Å². The maximum atomic E-state index is 12.3. The number of methoxy groups -OCH3 is 3. The van der Waals surface area contributed by atoms with Crippen molar-refractivity contribution >= 4 is 23.7 Å². The minimum absolute atomic E-state index is 0.0503. The lowest BCUT2D eigenvalue weighted by Crippen LogP contribution is -2.34. The van der Waals surface area contributed by atoms with Crippen LogP contribution in [-0.4, -0.2) is 50.8 Å². The van der Waals surface area contributed by atoms with Crippen molar-refractivity contribution in [3.63, 3.8) is 0 Å². The summed E-state index contributed by atoms with van der Waals surface area (Å²) in [5.74, 6) is -0.133. The van der Waals surface area contributed by atoms with E-state index in [-0.39, 0.29) is 17.8 Å². The van der Waals surface area contributed by atoms with Crippen molar-refractivity contribution in [2.45, 2.75) is 0 Å². The standard InChI is InChI=1S/C19H20N4O7/c1-28-15-8-13(9-16(29-2)18(15)30-3)19(25)20-11-17(24)22-21-10-12-4-6-14(7-5-12)23(26)27/h4-10H,11H2,1-3H3,(H,20,25)(H,22,24)/b21-10-. The molecule has 0 fully saturated rings. The van der Waals surface area contributed by atoms with Gasteiger partial charge < -0.3 is 19.5 Å². The van der Waals surface area contributed by atoms with Gasteiger partial charge in [-0.25, -0.2) is 5.43 Å². The van der Waals surface area contributed by atoms with Crippen LogP contribution in [0.2, 0.25) is 0 Å². The van der Waals surface area contributed by atoms with Crippen molar-refractivity contribution in [1.82, 2.24) is 10.7 Å². The zero-order valence-electron chi connectivity index (χ0n) is 16.5. The monoisotopic (exact) mass is 416 g/mol. The Hall–Kier alpha value is -4.15. The minimum atomic E-state index is -0.561. The third kappa shape index (κ3) is 5.67. The van der Waals surface area contributed by atoms with E-state index < -0.39 is 16.7 Å². The lowest BCUT2D eigenvalue weighted by atomic mass is 10.1. The van der Waals surface area contributed by atoms with Crippen molar-refractivity contribution in [2.24, 2.45) is 5.10 Å². The first-order chi connectivity index (χ1) is 14.4. The van der Waals surface area contributed by atoms with Crippen molar-refractivity contribution in [3.05, 3.63) is 57.6 Å². The van der Waals surface area contributed by atoms with Gasteiger partial charge in [0.05, 0.1) is 39.0 Å². The molecule has 0 spiro atoms. The molecule has 0 aromatic heterocycles. The summed E-state index contributed by atoms with van der Waals surface area (Å²) in [5.41, 5.74) is 2.97. The molecular formula is C19H20N4O7. The molecule has 2 rings (SSSR count). The molecule has 0 aliphatic heterocycles. The van der Waals surface area contributed by atoms with E-state index in [9.17, 15) is 19.7 Å². The number of amides is 2. The van der Waals surface area contributed by atoms with E-state index in [2.05, 4.69) is 15.8 Å². The number of hydrogen-bond donors (Lipinski definition) is 2. The topological polar surface area (TPSA) is 141 Å². The predicted molar refractivity (Wildman–Crippen MR) is 107 cm³/mol. The fourth-order valence-corrected chi connectivity index (χ4v) is 2.38. The van der Waals surface area contributed by atoms with Gasteiger partial charge in [0.15, 0.2) is 11.5 Å².